The first-order chi connectivity index (χ1) is 14.8. The maximum absolute atomic E-state index is 9.10. The van der Waals surface area contributed by atoms with Crippen molar-refractivity contribution < 1.29 is 29.3 Å². The van der Waals surface area contributed by atoms with Crippen molar-refractivity contribution >= 4 is 22.7 Å². The molecular weight excluding hydrogens is 398 g/mol. The Hall–Kier alpha value is -3.58. The van der Waals surface area contributed by atoms with Crippen LogP contribution in [0.25, 0.3) is 10.8 Å². The summed E-state index contributed by atoms with van der Waals surface area (Å²) < 4.78 is 11.6. The zero-order valence-corrected chi connectivity index (χ0v) is 17.8. The second-order valence-electron chi connectivity index (χ2n) is 6.95. The van der Waals surface area contributed by atoms with Gasteiger partial charge in [0.15, 0.2) is 0 Å². The summed E-state index contributed by atoms with van der Waals surface area (Å²) in [6.45, 7) is 0.661. The first-order valence-corrected chi connectivity index (χ1v) is 9.71. The summed E-state index contributed by atoms with van der Waals surface area (Å²) in [5.41, 5.74) is 1.32. The molecule has 0 aromatic heterocycles. The Morgan fingerprint density at radius 3 is 1.87 bits per heavy atom. The van der Waals surface area contributed by atoms with E-state index in [1.165, 1.54) is 5.56 Å². The fourth-order valence-electron chi connectivity index (χ4n) is 3.23. The molecule has 31 heavy (non-hydrogen) atoms. The first kappa shape index (κ1) is 23.7. The molecule has 3 aromatic rings. The van der Waals surface area contributed by atoms with Crippen LogP contribution >= 0.6 is 0 Å². The van der Waals surface area contributed by atoms with E-state index in [0.717, 1.165) is 28.7 Å². The number of methoxy groups -OCH3 is 1. The summed E-state index contributed by atoms with van der Waals surface area (Å²) in [5.74, 6) is -1.87. The van der Waals surface area contributed by atoms with E-state index in [9.17, 15) is 0 Å². The minimum absolute atomic E-state index is 0.339. The number of carbonyl (C=O) groups is 2. The summed E-state index contributed by atoms with van der Waals surface area (Å²) in [4.78, 5) is 20.4. The van der Waals surface area contributed by atoms with Crippen LogP contribution in [0.4, 0.5) is 0 Å². The smallest absolute Gasteiger partial charge is 0.414 e. The van der Waals surface area contributed by atoms with Crippen LogP contribution in [0.5, 0.6) is 11.5 Å². The van der Waals surface area contributed by atoms with Crippen LogP contribution in [0.1, 0.15) is 18.0 Å². The lowest BCUT2D eigenvalue weighted by atomic mass is 10.0. The largest absolute Gasteiger partial charge is 0.496 e. The number of rotatable bonds is 7. The molecule has 0 saturated carbocycles. The maximum atomic E-state index is 9.10. The van der Waals surface area contributed by atoms with Crippen molar-refractivity contribution in [3.05, 3.63) is 72.3 Å². The van der Waals surface area contributed by atoms with E-state index in [2.05, 4.69) is 61.5 Å². The number of fused-ring (bicyclic) bond motifs is 1. The van der Waals surface area contributed by atoms with Gasteiger partial charge in [-0.05, 0) is 31.8 Å². The van der Waals surface area contributed by atoms with Crippen molar-refractivity contribution in [2.75, 3.05) is 27.8 Å². The van der Waals surface area contributed by atoms with Gasteiger partial charge in [-0.3, -0.25) is 0 Å². The third-order valence-corrected chi connectivity index (χ3v) is 4.70. The summed E-state index contributed by atoms with van der Waals surface area (Å²) in [6.07, 6.45) is 0.928. The molecule has 7 heteroatoms. The van der Waals surface area contributed by atoms with Gasteiger partial charge in [0.2, 0.25) is 0 Å². The van der Waals surface area contributed by atoms with Crippen LogP contribution in [-0.4, -0.2) is 54.9 Å². The predicted octanol–water partition coefficient (Wildman–Crippen LogP) is 4.08. The van der Waals surface area contributed by atoms with Crippen LogP contribution in [0.3, 0.4) is 0 Å². The van der Waals surface area contributed by atoms with Crippen LogP contribution in [0, 0.1) is 0 Å². The minimum atomic E-state index is -1.82. The maximum Gasteiger partial charge on any atom is 0.414 e. The summed E-state index contributed by atoms with van der Waals surface area (Å²) in [5, 5.41) is 16.9. The molecular formula is C24H27NO6. The average molecular weight is 425 g/mol. The fourth-order valence-corrected chi connectivity index (χ4v) is 3.23. The molecule has 3 rings (SSSR count). The average Bonchev–Trinajstić information content (AvgIpc) is 2.77. The number of hydrogen-bond donors (Lipinski definition) is 2. The second-order valence-corrected chi connectivity index (χ2v) is 6.95. The Kier molecular flexibility index (Phi) is 8.84. The van der Waals surface area contributed by atoms with Gasteiger partial charge in [0, 0.05) is 23.2 Å². The number of hydrogen-bond acceptors (Lipinski definition) is 5. The Labute approximate surface area is 181 Å². The van der Waals surface area contributed by atoms with Crippen LogP contribution in [-0.2, 0) is 9.59 Å². The molecule has 7 nitrogen and oxygen atoms in total. The van der Waals surface area contributed by atoms with Crippen molar-refractivity contribution in [1.29, 1.82) is 0 Å². The molecule has 1 atom stereocenters. The van der Waals surface area contributed by atoms with Crippen molar-refractivity contribution in [3.63, 3.8) is 0 Å². The van der Waals surface area contributed by atoms with Gasteiger partial charge in [0.1, 0.15) is 11.5 Å². The summed E-state index contributed by atoms with van der Waals surface area (Å²) in [7, 11) is 5.92. The molecule has 3 aromatic carbocycles. The number of ether oxygens (including phenoxy) is 2. The van der Waals surface area contributed by atoms with Crippen molar-refractivity contribution in [3.8, 4) is 11.5 Å². The van der Waals surface area contributed by atoms with Gasteiger partial charge in [0.25, 0.3) is 0 Å². The lowest BCUT2D eigenvalue weighted by molar-refractivity contribution is -0.159. The van der Waals surface area contributed by atoms with Crippen LogP contribution in [0.2, 0.25) is 0 Å². The Morgan fingerprint density at radius 2 is 1.35 bits per heavy atom. The van der Waals surface area contributed by atoms with Crippen molar-refractivity contribution in [1.82, 2.24) is 4.90 Å². The van der Waals surface area contributed by atoms with Crippen molar-refractivity contribution in [2.45, 2.75) is 12.5 Å². The SMILES string of the molecule is COc1ccc(OCCC(c2ccccc2)N(C)C)c2ccccc12.O=C(O)C(=O)O. The monoisotopic (exact) mass is 425 g/mol. The van der Waals surface area contributed by atoms with E-state index in [1.54, 1.807) is 7.11 Å². The molecule has 2 N–H and O–H groups in total. The first-order valence-electron chi connectivity index (χ1n) is 9.71. The zero-order valence-electron chi connectivity index (χ0n) is 17.8. The molecule has 0 saturated heterocycles. The third-order valence-electron chi connectivity index (χ3n) is 4.70. The third kappa shape index (κ3) is 6.72. The molecule has 0 aliphatic carbocycles. The Morgan fingerprint density at radius 1 is 0.839 bits per heavy atom. The van der Waals surface area contributed by atoms with Gasteiger partial charge in [-0.15, -0.1) is 0 Å². The van der Waals surface area contributed by atoms with Gasteiger partial charge in [-0.1, -0.05) is 54.6 Å². The lowest BCUT2D eigenvalue weighted by Crippen LogP contribution is -2.22. The van der Waals surface area contributed by atoms with E-state index in [0.29, 0.717) is 12.6 Å². The van der Waals surface area contributed by atoms with Gasteiger partial charge in [-0.2, -0.15) is 0 Å². The molecule has 0 fully saturated rings. The molecule has 0 spiro atoms. The highest BCUT2D eigenvalue weighted by Gasteiger charge is 2.14. The molecule has 0 radical (unpaired) electrons. The molecule has 164 valence electrons. The van der Waals surface area contributed by atoms with E-state index in [1.807, 2.05) is 24.3 Å². The summed E-state index contributed by atoms with van der Waals surface area (Å²) in [6, 6.07) is 23.1. The molecule has 0 aliphatic rings. The number of nitrogens with zero attached hydrogens (tertiary/aromatic N) is 1. The van der Waals surface area contributed by atoms with E-state index in [4.69, 9.17) is 29.3 Å². The topological polar surface area (TPSA) is 96.3 Å². The lowest BCUT2D eigenvalue weighted by Gasteiger charge is -2.25. The second kappa shape index (κ2) is 11.6. The Bertz CT molecular complexity index is 991. The van der Waals surface area contributed by atoms with E-state index < -0.39 is 11.9 Å². The quantitative estimate of drug-likeness (QED) is 0.551. The van der Waals surface area contributed by atoms with Crippen LogP contribution in [0.15, 0.2) is 66.7 Å². The number of aliphatic carboxylic acids is 2. The molecule has 0 aliphatic heterocycles. The van der Waals surface area contributed by atoms with E-state index in [-0.39, 0.29) is 0 Å². The van der Waals surface area contributed by atoms with Crippen LogP contribution < -0.4 is 9.47 Å². The molecule has 0 amide bonds. The number of benzene rings is 3. The van der Waals surface area contributed by atoms with E-state index >= 15 is 0 Å². The number of carboxylic acids is 2. The van der Waals surface area contributed by atoms with Gasteiger partial charge < -0.3 is 24.6 Å². The highest BCUT2D eigenvalue weighted by atomic mass is 16.5. The van der Waals surface area contributed by atoms with Crippen molar-refractivity contribution in [2.24, 2.45) is 0 Å². The van der Waals surface area contributed by atoms with Gasteiger partial charge in [-0.25, -0.2) is 9.59 Å². The molecule has 0 heterocycles. The normalized spacial score (nSPS) is 11.4. The molecule has 1 unspecified atom stereocenters. The van der Waals surface area contributed by atoms with Gasteiger partial charge >= 0.3 is 11.9 Å². The predicted molar refractivity (Wildman–Crippen MR) is 119 cm³/mol. The minimum Gasteiger partial charge on any atom is -0.496 e. The highest BCUT2D eigenvalue weighted by Crippen LogP contribution is 2.33. The number of carboxylic acid groups (broad SMARTS) is 2. The Balaban J connectivity index is 0.000000501. The zero-order chi connectivity index (χ0) is 22.8. The fraction of sp³-hybridized carbons (Fsp3) is 0.250. The highest BCUT2D eigenvalue weighted by molar-refractivity contribution is 6.27. The standard InChI is InChI=1S/C22H25NO2.C2H2O4/c1-23(2)20(17-9-5-4-6-10-17)15-16-25-22-14-13-21(24-3)18-11-7-8-12-19(18)22;3-1(4)2(5)6/h4-14,20H,15-16H2,1-3H3;(H,3,4)(H,5,6). The molecule has 0 bridgehead atoms. The summed E-state index contributed by atoms with van der Waals surface area (Å²) >= 11 is 0. The van der Waals surface area contributed by atoms with Gasteiger partial charge in [0.05, 0.1) is 13.7 Å².